The molecule has 0 heterocycles. The molecule has 0 radical (unpaired) electrons. The summed E-state index contributed by atoms with van der Waals surface area (Å²) in [4.78, 5) is 24.0. The van der Waals surface area contributed by atoms with E-state index in [0.29, 0.717) is 11.3 Å². The highest BCUT2D eigenvalue weighted by molar-refractivity contribution is 5.97. The molecule has 6 nitrogen and oxygen atoms in total. The zero-order chi connectivity index (χ0) is 16.8. The molecule has 0 saturated carbocycles. The van der Waals surface area contributed by atoms with Gasteiger partial charge in [0, 0.05) is 30.4 Å². The standard InChI is InChI=1S/C16H25N3O3.ClH/c1-16(2,3)19-15(21)11-6-5-7-12(8-11)18-14(20)9-13(10-17)22-4;/h5-8,13H,9-10,17H2,1-4H3,(H,18,20)(H,19,21);1H. The summed E-state index contributed by atoms with van der Waals surface area (Å²) >= 11 is 0. The van der Waals surface area contributed by atoms with E-state index >= 15 is 0 Å². The lowest BCUT2D eigenvalue weighted by Crippen LogP contribution is -2.40. The van der Waals surface area contributed by atoms with E-state index in [4.69, 9.17) is 10.5 Å². The molecule has 0 aliphatic heterocycles. The van der Waals surface area contributed by atoms with E-state index in [9.17, 15) is 9.59 Å². The molecule has 23 heavy (non-hydrogen) atoms. The Morgan fingerprint density at radius 2 is 1.96 bits per heavy atom. The van der Waals surface area contributed by atoms with Crippen LogP contribution in [-0.4, -0.2) is 37.1 Å². The summed E-state index contributed by atoms with van der Waals surface area (Å²) in [6.07, 6.45) is -0.141. The van der Waals surface area contributed by atoms with Crippen LogP contribution >= 0.6 is 12.4 Å². The number of methoxy groups -OCH3 is 1. The fourth-order valence-corrected chi connectivity index (χ4v) is 1.83. The quantitative estimate of drug-likeness (QED) is 0.735. The van der Waals surface area contributed by atoms with E-state index in [1.807, 2.05) is 20.8 Å². The van der Waals surface area contributed by atoms with Gasteiger partial charge in [-0.05, 0) is 39.0 Å². The average Bonchev–Trinajstić information content (AvgIpc) is 2.43. The molecule has 1 aromatic carbocycles. The zero-order valence-corrected chi connectivity index (χ0v) is 14.8. The van der Waals surface area contributed by atoms with Gasteiger partial charge in [-0.1, -0.05) is 6.07 Å². The third-order valence-corrected chi connectivity index (χ3v) is 2.91. The smallest absolute Gasteiger partial charge is 0.251 e. The Labute approximate surface area is 143 Å². The molecule has 0 saturated heterocycles. The number of rotatable bonds is 6. The minimum absolute atomic E-state index is 0. The number of hydrogen-bond acceptors (Lipinski definition) is 4. The average molecular weight is 344 g/mol. The van der Waals surface area contributed by atoms with Gasteiger partial charge < -0.3 is 21.1 Å². The first-order valence-corrected chi connectivity index (χ1v) is 7.20. The van der Waals surface area contributed by atoms with Gasteiger partial charge in [0.15, 0.2) is 0 Å². The summed E-state index contributed by atoms with van der Waals surface area (Å²) in [7, 11) is 1.52. The second kappa shape index (κ2) is 9.50. The molecule has 1 atom stereocenters. The molecular formula is C16H26ClN3O3. The summed E-state index contributed by atoms with van der Waals surface area (Å²) in [6.45, 7) is 6.01. The molecule has 0 aromatic heterocycles. The van der Waals surface area contributed by atoms with Crippen LogP contribution in [0.25, 0.3) is 0 Å². The first kappa shape index (κ1) is 21.4. The number of nitrogens with two attached hydrogens (primary N) is 1. The maximum Gasteiger partial charge on any atom is 0.251 e. The minimum Gasteiger partial charge on any atom is -0.380 e. The number of anilines is 1. The van der Waals surface area contributed by atoms with Gasteiger partial charge in [0.25, 0.3) is 5.91 Å². The van der Waals surface area contributed by atoms with Crippen molar-refractivity contribution < 1.29 is 14.3 Å². The van der Waals surface area contributed by atoms with Gasteiger partial charge in [-0.25, -0.2) is 0 Å². The number of carbonyl (C=O) groups is 2. The number of hydrogen-bond donors (Lipinski definition) is 3. The highest BCUT2D eigenvalue weighted by Crippen LogP contribution is 2.13. The van der Waals surface area contributed by atoms with E-state index < -0.39 is 0 Å². The Bertz CT molecular complexity index is 526. The number of halogens is 1. The van der Waals surface area contributed by atoms with Crippen molar-refractivity contribution in [2.24, 2.45) is 5.73 Å². The van der Waals surface area contributed by atoms with Gasteiger partial charge in [-0.2, -0.15) is 0 Å². The second-order valence-corrected chi connectivity index (χ2v) is 6.13. The van der Waals surface area contributed by atoms with Crippen LogP contribution in [-0.2, 0) is 9.53 Å². The number of ether oxygens (including phenoxy) is 1. The molecular weight excluding hydrogens is 318 g/mol. The highest BCUT2D eigenvalue weighted by atomic mass is 35.5. The number of amides is 2. The molecule has 1 rings (SSSR count). The van der Waals surface area contributed by atoms with Gasteiger partial charge in [0.05, 0.1) is 12.5 Å². The van der Waals surface area contributed by atoms with Gasteiger partial charge >= 0.3 is 0 Å². The van der Waals surface area contributed by atoms with Gasteiger partial charge in [0.1, 0.15) is 0 Å². The van der Waals surface area contributed by atoms with Crippen LogP contribution in [0.5, 0.6) is 0 Å². The summed E-state index contributed by atoms with van der Waals surface area (Å²) in [5.41, 5.74) is 6.24. The highest BCUT2D eigenvalue weighted by Gasteiger charge is 2.16. The normalized spacial score (nSPS) is 12.0. The zero-order valence-electron chi connectivity index (χ0n) is 14.0. The Balaban J connectivity index is 0.00000484. The first-order valence-electron chi connectivity index (χ1n) is 7.20. The van der Waals surface area contributed by atoms with Gasteiger partial charge in [-0.15, -0.1) is 12.4 Å². The molecule has 2 amide bonds. The monoisotopic (exact) mass is 343 g/mol. The fraction of sp³-hybridized carbons (Fsp3) is 0.500. The predicted molar refractivity (Wildman–Crippen MR) is 94.0 cm³/mol. The number of nitrogens with one attached hydrogen (secondary N) is 2. The van der Waals surface area contributed by atoms with Crippen molar-refractivity contribution in [2.45, 2.75) is 38.8 Å². The molecule has 130 valence electrons. The molecule has 1 aromatic rings. The molecule has 0 fully saturated rings. The third kappa shape index (κ3) is 7.97. The van der Waals surface area contributed by atoms with Crippen LogP contribution in [0.15, 0.2) is 24.3 Å². The largest absolute Gasteiger partial charge is 0.380 e. The van der Waals surface area contributed by atoms with Crippen LogP contribution in [0, 0.1) is 0 Å². The Morgan fingerprint density at radius 3 is 2.48 bits per heavy atom. The molecule has 1 unspecified atom stereocenters. The number of carbonyl (C=O) groups excluding carboxylic acids is 2. The van der Waals surface area contributed by atoms with Gasteiger partial charge in [-0.3, -0.25) is 9.59 Å². The van der Waals surface area contributed by atoms with E-state index in [1.54, 1.807) is 24.3 Å². The summed E-state index contributed by atoms with van der Waals surface area (Å²) in [6, 6.07) is 6.80. The van der Waals surface area contributed by atoms with Crippen molar-refractivity contribution in [3.05, 3.63) is 29.8 Å². The third-order valence-electron chi connectivity index (χ3n) is 2.91. The van der Waals surface area contributed by atoms with Crippen LogP contribution in [0.1, 0.15) is 37.6 Å². The molecule has 7 heteroatoms. The maximum atomic E-state index is 12.1. The Morgan fingerprint density at radius 1 is 1.30 bits per heavy atom. The lowest BCUT2D eigenvalue weighted by Gasteiger charge is -2.20. The van der Waals surface area contributed by atoms with Crippen LogP contribution < -0.4 is 16.4 Å². The molecule has 0 aliphatic carbocycles. The summed E-state index contributed by atoms with van der Waals surface area (Å²) in [5, 5.41) is 5.62. The molecule has 4 N–H and O–H groups in total. The maximum absolute atomic E-state index is 12.1. The molecule has 0 spiro atoms. The predicted octanol–water partition coefficient (Wildman–Crippen LogP) is 1.94. The lowest BCUT2D eigenvalue weighted by molar-refractivity contribution is -0.118. The second-order valence-electron chi connectivity index (χ2n) is 6.13. The Hall–Kier alpha value is -1.63. The van der Waals surface area contributed by atoms with E-state index in [0.717, 1.165) is 0 Å². The van der Waals surface area contributed by atoms with Crippen molar-refractivity contribution in [2.75, 3.05) is 19.0 Å². The minimum atomic E-state index is -0.316. The van der Waals surface area contributed by atoms with E-state index in [-0.39, 0.29) is 48.8 Å². The molecule has 0 bridgehead atoms. The number of benzene rings is 1. The topological polar surface area (TPSA) is 93.4 Å². The van der Waals surface area contributed by atoms with Crippen molar-refractivity contribution in [3.63, 3.8) is 0 Å². The van der Waals surface area contributed by atoms with E-state index in [2.05, 4.69) is 10.6 Å². The SMILES string of the molecule is COC(CN)CC(=O)Nc1cccc(C(=O)NC(C)(C)C)c1.Cl. The lowest BCUT2D eigenvalue weighted by atomic mass is 10.1. The van der Waals surface area contributed by atoms with Crippen LogP contribution in [0.2, 0.25) is 0 Å². The van der Waals surface area contributed by atoms with Crippen molar-refractivity contribution >= 4 is 29.9 Å². The summed E-state index contributed by atoms with van der Waals surface area (Å²) in [5.74, 6) is -0.383. The van der Waals surface area contributed by atoms with Crippen LogP contribution in [0.3, 0.4) is 0 Å². The van der Waals surface area contributed by atoms with Crippen molar-refractivity contribution in [3.8, 4) is 0 Å². The van der Waals surface area contributed by atoms with Crippen molar-refractivity contribution in [1.82, 2.24) is 5.32 Å². The van der Waals surface area contributed by atoms with Crippen LogP contribution in [0.4, 0.5) is 5.69 Å². The fourth-order valence-electron chi connectivity index (χ4n) is 1.83. The summed E-state index contributed by atoms with van der Waals surface area (Å²) < 4.78 is 5.07. The van der Waals surface area contributed by atoms with Crippen molar-refractivity contribution in [1.29, 1.82) is 0 Å². The van der Waals surface area contributed by atoms with Gasteiger partial charge in [0.2, 0.25) is 5.91 Å². The van der Waals surface area contributed by atoms with E-state index in [1.165, 1.54) is 7.11 Å². The Kier molecular flexibility index (Phi) is 8.82. The first-order chi connectivity index (χ1) is 10.2. The molecule has 0 aliphatic rings.